The summed E-state index contributed by atoms with van der Waals surface area (Å²) in [7, 11) is 0. The molecule has 0 unspecified atom stereocenters. The number of pyridine rings is 1. The molecule has 0 bridgehead atoms. The molecule has 0 aliphatic rings. The second-order valence-corrected chi connectivity index (χ2v) is 3.70. The molecule has 3 aromatic rings. The third kappa shape index (κ3) is 1.34. The van der Waals surface area contributed by atoms with E-state index in [1.54, 1.807) is 18.5 Å². The van der Waals surface area contributed by atoms with Crippen molar-refractivity contribution in [2.24, 2.45) is 0 Å². The number of carboxylic acids is 1. The molecule has 0 aliphatic heterocycles. The molecular weight excluding hydrogens is 236 g/mol. The smallest absolute Gasteiger partial charge is 0.357 e. The van der Waals surface area contributed by atoms with Gasteiger partial charge in [0.25, 0.3) is 0 Å². The van der Waals surface area contributed by atoms with Crippen molar-refractivity contribution in [2.75, 3.05) is 0 Å². The van der Waals surface area contributed by atoms with E-state index in [1.807, 2.05) is 6.07 Å². The Morgan fingerprint density at radius 3 is 2.94 bits per heavy atom. The lowest BCUT2D eigenvalue weighted by atomic mass is 10.1. The molecule has 18 heavy (non-hydrogen) atoms. The Balaban J connectivity index is 2.24. The summed E-state index contributed by atoms with van der Waals surface area (Å²) < 4.78 is 0. The number of carbonyl (C=O) groups is 1. The predicted octanol–water partition coefficient (Wildman–Crippen LogP) is 1.36. The largest absolute Gasteiger partial charge is 0.504 e. The second kappa shape index (κ2) is 3.59. The summed E-state index contributed by atoms with van der Waals surface area (Å²) in [5, 5.41) is 25.5. The van der Waals surface area contributed by atoms with Crippen molar-refractivity contribution >= 4 is 17.0 Å². The maximum Gasteiger partial charge on any atom is 0.357 e. The molecule has 0 spiro atoms. The van der Waals surface area contributed by atoms with Crippen LogP contribution in [-0.2, 0) is 0 Å². The minimum absolute atomic E-state index is 0.187. The Morgan fingerprint density at radius 2 is 2.22 bits per heavy atom. The Morgan fingerprint density at radius 1 is 1.39 bits per heavy atom. The summed E-state index contributed by atoms with van der Waals surface area (Å²) in [4.78, 5) is 17.9. The van der Waals surface area contributed by atoms with Crippen LogP contribution >= 0.6 is 0 Å². The quantitative estimate of drug-likeness (QED) is 0.543. The number of aromatic hydroxyl groups is 1. The number of hydrogen-bond acceptors (Lipinski definition) is 4. The molecule has 3 rings (SSSR count). The van der Waals surface area contributed by atoms with Crippen LogP contribution in [0.15, 0.2) is 24.5 Å². The third-order valence-corrected chi connectivity index (χ3v) is 2.66. The van der Waals surface area contributed by atoms with E-state index < -0.39 is 5.97 Å². The molecule has 0 amide bonds. The van der Waals surface area contributed by atoms with Gasteiger partial charge in [0.15, 0.2) is 11.4 Å². The van der Waals surface area contributed by atoms with E-state index in [-0.39, 0.29) is 17.1 Å². The zero-order valence-corrected chi connectivity index (χ0v) is 9.01. The summed E-state index contributed by atoms with van der Waals surface area (Å²) in [6.07, 6.45) is 3.26. The monoisotopic (exact) mass is 244 g/mol. The molecule has 0 saturated heterocycles. The first kappa shape index (κ1) is 10.3. The highest BCUT2D eigenvalue weighted by molar-refractivity contribution is 5.97. The van der Waals surface area contributed by atoms with Crippen molar-refractivity contribution in [3.63, 3.8) is 0 Å². The summed E-state index contributed by atoms with van der Waals surface area (Å²) in [6, 6.07) is 3.56. The van der Waals surface area contributed by atoms with Crippen molar-refractivity contribution in [3.05, 3.63) is 30.2 Å². The fourth-order valence-electron chi connectivity index (χ4n) is 1.82. The number of nitrogens with one attached hydrogen (secondary N) is 2. The number of rotatable bonds is 2. The van der Waals surface area contributed by atoms with Crippen molar-refractivity contribution < 1.29 is 15.0 Å². The summed E-state index contributed by atoms with van der Waals surface area (Å²) in [5.41, 5.74) is 1.10. The highest BCUT2D eigenvalue weighted by Crippen LogP contribution is 2.33. The zero-order chi connectivity index (χ0) is 12.7. The van der Waals surface area contributed by atoms with E-state index in [0.717, 1.165) is 5.39 Å². The van der Waals surface area contributed by atoms with Crippen molar-refractivity contribution in [1.82, 2.24) is 20.2 Å². The fourth-order valence-corrected chi connectivity index (χ4v) is 1.82. The summed E-state index contributed by atoms with van der Waals surface area (Å²) in [6.45, 7) is 0. The number of fused-ring (bicyclic) bond motifs is 1. The van der Waals surface area contributed by atoms with Crippen LogP contribution in [0.2, 0.25) is 0 Å². The van der Waals surface area contributed by atoms with Gasteiger partial charge in [0, 0.05) is 23.3 Å². The van der Waals surface area contributed by atoms with Gasteiger partial charge in [-0.2, -0.15) is 5.10 Å². The van der Waals surface area contributed by atoms with E-state index >= 15 is 0 Å². The fraction of sp³-hybridized carbons (Fsp3) is 0. The minimum atomic E-state index is -1.26. The molecular formula is C11H8N4O3. The van der Waals surface area contributed by atoms with Gasteiger partial charge in [-0.1, -0.05) is 0 Å². The number of aromatic amines is 2. The van der Waals surface area contributed by atoms with E-state index in [0.29, 0.717) is 11.2 Å². The average Bonchev–Trinajstić information content (AvgIpc) is 2.92. The lowest BCUT2D eigenvalue weighted by Gasteiger charge is -1.95. The Kier molecular flexibility index (Phi) is 2.06. The molecule has 3 heterocycles. The molecule has 3 aromatic heterocycles. The summed E-state index contributed by atoms with van der Waals surface area (Å²) >= 11 is 0. The number of hydrogen-bond donors (Lipinski definition) is 4. The molecule has 0 fully saturated rings. The minimum Gasteiger partial charge on any atom is -0.504 e. The standard InChI is InChI=1S/C11H8N4O3/c16-9-7(14-15-8(9)11(17)18)6-4-13-10-5(6)2-1-3-12-10/h1-4,16H,(H,12,13)(H,14,15)(H,17,18). The van der Waals surface area contributed by atoms with Crippen molar-refractivity contribution in [3.8, 4) is 17.0 Å². The maximum absolute atomic E-state index is 10.8. The van der Waals surface area contributed by atoms with Crippen LogP contribution in [0.4, 0.5) is 0 Å². The molecule has 90 valence electrons. The van der Waals surface area contributed by atoms with Gasteiger partial charge in [-0.05, 0) is 12.1 Å². The van der Waals surface area contributed by atoms with Gasteiger partial charge in [-0.25, -0.2) is 9.78 Å². The SMILES string of the molecule is O=C(O)c1[nH]nc(-c2c[nH]c3ncccc23)c1O. The van der Waals surface area contributed by atoms with Crippen LogP contribution in [0.3, 0.4) is 0 Å². The first-order chi connectivity index (χ1) is 8.68. The summed E-state index contributed by atoms with van der Waals surface area (Å²) in [5.74, 6) is -1.64. The van der Waals surface area contributed by atoms with E-state index in [4.69, 9.17) is 5.11 Å². The first-order valence-electron chi connectivity index (χ1n) is 5.11. The zero-order valence-electron chi connectivity index (χ0n) is 9.01. The van der Waals surface area contributed by atoms with Gasteiger partial charge in [0.2, 0.25) is 0 Å². The highest BCUT2D eigenvalue weighted by atomic mass is 16.4. The molecule has 7 heteroatoms. The van der Waals surface area contributed by atoms with Crippen LogP contribution in [0.5, 0.6) is 5.75 Å². The van der Waals surface area contributed by atoms with E-state index in [2.05, 4.69) is 20.2 Å². The Hall–Kier alpha value is -2.83. The van der Waals surface area contributed by atoms with Crippen LogP contribution in [0, 0.1) is 0 Å². The van der Waals surface area contributed by atoms with Crippen molar-refractivity contribution in [2.45, 2.75) is 0 Å². The van der Waals surface area contributed by atoms with Gasteiger partial charge >= 0.3 is 5.97 Å². The van der Waals surface area contributed by atoms with Crippen LogP contribution < -0.4 is 0 Å². The molecule has 0 saturated carbocycles. The molecule has 0 aliphatic carbocycles. The molecule has 0 aromatic carbocycles. The first-order valence-corrected chi connectivity index (χ1v) is 5.11. The maximum atomic E-state index is 10.8. The van der Waals surface area contributed by atoms with Gasteiger partial charge in [-0.15, -0.1) is 0 Å². The van der Waals surface area contributed by atoms with E-state index in [9.17, 15) is 9.90 Å². The molecule has 7 nitrogen and oxygen atoms in total. The molecule has 0 atom stereocenters. The average molecular weight is 244 g/mol. The number of nitrogens with zero attached hydrogens (tertiary/aromatic N) is 2. The normalized spacial score (nSPS) is 10.9. The number of aromatic carboxylic acids is 1. The Bertz CT molecular complexity index is 744. The molecule has 4 N–H and O–H groups in total. The number of aromatic nitrogens is 4. The van der Waals surface area contributed by atoms with Gasteiger partial charge in [0.05, 0.1) is 0 Å². The third-order valence-electron chi connectivity index (χ3n) is 2.66. The van der Waals surface area contributed by atoms with Crippen LogP contribution in [0.1, 0.15) is 10.5 Å². The molecule has 0 radical (unpaired) electrons. The van der Waals surface area contributed by atoms with Crippen LogP contribution in [0.25, 0.3) is 22.3 Å². The predicted molar refractivity (Wildman–Crippen MR) is 62.3 cm³/mol. The second-order valence-electron chi connectivity index (χ2n) is 3.70. The van der Waals surface area contributed by atoms with E-state index in [1.165, 1.54) is 0 Å². The lowest BCUT2D eigenvalue weighted by Crippen LogP contribution is -1.96. The number of H-pyrrole nitrogens is 2. The van der Waals surface area contributed by atoms with Gasteiger partial charge in [-0.3, -0.25) is 5.10 Å². The Labute approximate surface area is 100 Å². The highest BCUT2D eigenvalue weighted by Gasteiger charge is 2.20. The topological polar surface area (TPSA) is 115 Å². The number of carboxylic acid groups (broad SMARTS) is 1. The lowest BCUT2D eigenvalue weighted by molar-refractivity contribution is 0.0687. The van der Waals surface area contributed by atoms with Gasteiger partial charge < -0.3 is 15.2 Å². The van der Waals surface area contributed by atoms with Gasteiger partial charge in [0.1, 0.15) is 11.3 Å². The van der Waals surface area contributed by atoms with Crippen LogP contribution in [-0.4, -0.2) is 36.3 Å². The van der Waals surface area contributed by atoms with Crippen molar-refractivity contribution in [1.29, 1.82) is 0 Å².